The van der Waals surface area contributed by atoms with Gasteiger partial charge in [0.1, 0.15) is 5.82 Å². The predicted octanol–water partition coefficient (Wildman–Crippen LogP) is 3.33. The zero-order valence-corrected chi connectivity index (χ0v) is 12.4. The van der Waals surface area contributed by atoms with E-state index in [1.54, 1.807) is 0 Å². The van der Waals surface area contributed by atoms with E-state index in [-0.39, 0.29) is 0 Å². The third-order valence-electron chi connectivity index (χ3n) is 4.02. The van der Waals surface area contributed by atoms with Crippen molar-refractivity contribution in [3.63, 3.8) is 0 Å². The molecule has 3 rings (SSSR count). The first-order valence-electron chi connectivity index (χ1n) is 7.69. The molecule has 1 fully saturated rings. The standard InChI is InChI=1S/C17H23N3/c1-3-18-11-13-12-19-17(20(4-2)14-9-10-14)16-8-6-5-7-15(13)16/h5-8,12,14,18H,3-4,9-11H2,1-2H3. The first-order chi connectivity index (χ1) is 9.85. The third-order valence-corrected chi connectivity index (χ3v) is 4.02. The molecule has 0 spiro atoms. The Bertz CT molecular complexity index is 590. The van der Waals surface area contributed by atoms with Crippen molar-refractivity contribution < 1.29 is 0 Å². The molecule has 106 valence electrons. The maximum absolute atomic E-state index is 4.78. The smallest absolute Gasteiger partial charge is 0.136 e. The fourth-order valence-electron chi connectivity index (χ4n) is 2.83. The monoisotopic (exact) mass is 269 g/mol. The molecule has 1 aliphatic carbocycles. The number of nitrogens with one attached hydrogen (secondary N) is 1. The van der Waals surface area contributed by atoms with Gasteiger partial charge in [-0.3, -0.25) is 0 Å². The number of hydrogen-bond acceptors (Lipinski definition) is 3. The first kappa shape index (κ1) is 13.4. The number of rotatable bonds is 6. The summed E-state index contributed by atoms with van der Waals surface area (Å²) in [5, 5.41) is 6.02. The Hall–Kier alpha value is -1.61. The number of fused-ring (bicyclic) bond motifs is 1. The van der Waals surface area contributed by atoms with Crippen LogP contribution in [-0.4, -0.2) is 24.1 Å². The second-order valence-corrected chi connectivity index (χ2v) is 5.45. The van der Waals surface area contributed by atoms with Gasteiger partial charge in [-0.25, -0.2) is 4.98 Å². The van der Waals surface area contributed by atoms with Crippen molar-refractivity contribution in [2.24, 2.45) is 0 Å². The van der Waals surface area contributed by atoms with E-state index in [9.17, 15) is 0 Å². The lowest BCUT2D eigenvalue weighted by molar-refractivity contribution is 0.727. The van der Waals surface area contributed by atoms with E-state index in [0.29, 0.717) is 6.04 Å². The van der Waals surface area contributed by atoms with Gasteiger partial charge >= 0.3 is 0 Å². The van der Waals surface area contributed by atoms with Crippen LogP contribution in [0, 0.1) is 0 Å². The molecule has 1 aromatic heterocycles. The van der Waals surface area contributed by atoms with Gasteiger partial charge in [0.2, 0.25) is 0 Å². The molecule has 0 bridgehead atoms. The zero-order valence-electron chi connectivity index (χ0n) is 12.4. The van der Waals surface area contributed by atoms with Crippen LogP contribution in [0.5, 0.6) is 0 Å². The second-order valence-electron chi connectivity index (χ2n) is 5.45. The molecule has 1 saturated carbocycles. The molecule has 3 heteroatoms. The SMILES string of the molecule is CCNCc1cnc(N(CC)C2CC2)c2ccccc12. The van der Waals surface area contributed by atoms with Crippen LogP contribution in [0.15, 0.2) is 30.5 Å². The number of anilines is 1. The quantitative estimate of drug-likeness (QED) is 0.872. The van der Waals surface area contributed by atoms with Gasteiger partial charge in [0.15, 0.2) is 0 Å². The number of benzene rings is 1. The molecule has 1 N–H and O–H groups in total. The normalized spacial score (nSPS) is 14.7. The summed E-state index contributed by atoms with van der Waals surface area (Å²) < 4.78 is 0. The molecule has 1 heterocycles. The Morgan fingerprint density at radius 3 is 2.60 bits per heavy atom. The summed E-state index contributed by atoms with van der Waals surface area (Å²) in [6.07, 6.45) is 4.66. The molecule has 0 unspecified atom stereocenters. The van der Waals surface area contributed by atoms with Crippen molar-refractivity contribution in [3.8, 4) is 0 Å². The molecule has 3 nitrogen and oxygen atoms in total. The Kier molecular flexibility index (Phi) is 3.88. The van der Waals surface area contributed by atoms with E-state index in [1.165, 1.54) is 29.2 Å². The van der Waals surface area contributed by atoms with Gasteiger partial charge in [0.25, 0.3) is 0 Å². The predicted molar refractivity (Wildman–Crippen MR) is 85.2 cm³/mol. The minimum absolute atomic E-state index is 0.704. The summed E-state index contributed by atoms with van der Waals surface area (Å²) in [5.41, 5.74) is 1.29. The van der Waals surface area contributed by atoms with Gasteiger partial charge in [-0.2, -0.15) is 0 Å². The highest BCUT2D eigenvalue weighted by molar-refractivity contribution is 5.94. The lowest BCUT2D eigenvalue weighted by Crippen LogP contribution is -2.26. The summed E-state index contributed by atoms with van der Waals surface area (Å²) in [6, 6.07) is 9.36. The number of aromatic nitrogens is 1. The molecule has 20 heavy (non-hydrogen) atoms. The fourth-order valence-corrected chi connectivity index (χ4v) is 2.83. The highest BCUT2D eigenvalue weighted by Crippen LogP contribution is 2.34. The summed E-state index contributed by atoms with van der Waals surface area (Å²) in [5.74, 6) is 1.16. The highest BCUT2D eigenvalue weighted by atomic mass is 15.2. The lowest BCUT2D eigenvalue weighted by Gasteiger charge is -2.24. The van der Waals surface area contributed by atoms with Crippen molar-refractivity contribution >= 4 is 16.6 Å². The van der Waals surface area contributed by atoms with Gasteiger partial charge < -0.3 is 10.2 Å². The number of nitrogens with zero attached hydrogens (tertiary/aromatic N) is 2. The molecule has 2 aromatic rings. The largest absolute Gasteiger partial charge is 0.353 e. The van der Waals surface area contributed by atoms with Crippen LogP contribution in [0.3, 0.4) is 0 Å². The van der Waals surface area contributed by atoms with Crippen LogP contribution in [-0.2, 0) is 6.54 Å². The number of hydrogen-bond donors (Lipinski definition) is 1. The minimum atomic E-state index is 0.704. The second kappa shape index (κ2) is 5.80. The van der Waals surface area contributed by atoms with Crippen LogP contribution < -0.4 is 10.2 Å². The zero-order chi connectivity index (χ0) is 13.9. The van der Waals surface area contributed by atoms with Crippen molar-refractivity contribution in [1.29, 1.82) is 0 Å². The molecule has 0 atom stereocenters. The van der Waals surface area contributed by atoms with Crippen LogP contribution >= 0.6 is 0 Å². The van der Waals surface area contributed by atoms with Crippen LogP contribution in [0.25, 0.3) is 10.8 Å². The van der Waals surface area contributed by atoms with Gasteiger partial charge in [-0.05, 0) is 37.3 Å². The summed E-state index contributed by atoms with van der Waals surface area (Å²) in [7, 11) is 0. The Morgan fingerprint density at radius 2 is 1.95 bits per heavy atom. The average Bonchev–Trinajstić information content (AvgIpc) is 3.32. The van der Waals surface area contributed by atoms with Crippen LogP contribution in [0.1, 0.15) is 32.3 Å². The van der Waals surface area contributed by atoms with Crippen molar-refractivity contribution in [1.82, 2.24) is 10.3 Å². The van der Waals surface area contributed by atoms with Gasteiger partial charge in [-0.15, -0.1) is 0 Å². The summed E-state index contributed by atoms with van der Waals surface area (Å²) in [6.45, 7) is 7.27. The third kappa shape index (κ3) is 2.50. The molecule has 0 saturated heterocycles. The molecule has 1 aliphatic rings. The molecule has 0 radical (unpaired) electrons. The highest BCUT2D eigenvalue weighted by Gasteiger charge is 2.29. The molecular weight excluding hydrogens is 246 g/mol. The average molecular weight is 269 g/mol. The lowest BCUT2D eigenvalue weighted by atomic mass is 10.1. The van der Waals surface area contributed by atoms with Gasteiger partial charge in [0, 0.05) is 30.7 Å². The van der Waals surface area contributed by atoms with E-state index < -0.39 is 0 Å². The molecular formula is C17H23N3. The fraction of sp³-hybridized carbons (Fsp3) is 0.471. The van der Waals surface area contributed by atoms with Gasteiger partial charge in [-0.1, -0.05) is 31.2 Å². The van der Waals surface area contributed by atoms with Crippen LogP contribution in [0.4, 0.5) is 5.82 Å². The van der Waals surface area contributed by atoms with Crippen LogP contribution in [0.2, 0.25) is 0 Å². The summed E-state index contributed by atoms with van der Waals surface area (Å²) in [4.78, 5) is 7.24. The maximum Gasteiger partial charge on any atom is 0.136 e. The van der Waals surface area contributed by atoms with E-state index in [0.717, 1.165) is 25.5 Å². The number of pyridine rings is 1. The molecule has 1 aromatic carbocycles. The van der Waals surface area contributed by atoms with E-state index in [2.05, 4.69) is 48.3 Å². The Balaban J connectivity index is 2.05. The Morgan fingerprint density at radius 1 is 1.20 bits per heavy atom. The van der Waals surface area contributed by atoms with Gasteiger partial charge in [0.05, 0.1) is 0 Å². The van der Waals surface area contributed by atoms with E-state index in [1.807, 2.05) is 6.20 Å². The van der Waals surface area contributed by atoms with Crippen molar-refractivity contribution in [3.05, 3.63) is 36.0 Å². The Labute approximate surface area is 121 Å². The van der Waals surface area contributed by atoms with Crippen molar-refractivity contribution in [2.45, 2.75) is 39.3 Å². The topological polar surface area (TPSA) is 28.2 Å². The van der Waals surface area contributed by atoms with Crippen molar-refractivity contribution in [2.75, 3.05) is 18.0 Å². The first-order valence-corrected chi connectivity index (χ1v) is 7.69. The summed E-state index contributed by atoms with van der Waals surface area (Å²) >= 11 is 0. The maximum atomic E-state index is 4.78. The van der Waals surface area contributed by atoms with E-state index in [4.69, 9.17) is 4.98 Å². The molecule has 0 aliphatic heterocycles. The van der Waals surface area contributed by atoms with E-state index >= 15 is 0 Å². The molecule has 0 amide bonds. The minimum Gasteiger partial charge on any atom is -0.353 e.